The third-order valence-corrected chi connectivity index (χ3v) is 0. The van der Waals surface area contributed by atoms with Crippen molar-refractivity contribution in [3.05, 3.63) is 0 Å². The first-order valence-electron chi connectivity index (χ1n) is 1.08. The Morgan fingerprint density at radius 2 is 1.00 bits per heavy atom. The fraction of sp³-hybridized carbons (Fsp3) is 0. The van der Waals surface area contributed by atoms with Crippen LogP contribution in [0.15, 0.2) is 0 Å². The Morgan fingerprint density at radius 3 is 1.00 bits per heavy atom. The molecule has 0 bridgehead atoms. The maximum atomic E-state index is 8.42. The number of carbonyl (C=O) groups is 1. The maximum absolute atomic E-state index is 8.42. The van der Waals surface area contributed by atoms with Gasteiger partial charge in [-0.3, -0.25) is 0 Å². The van der Waals surface area contributed by atoms with Gasteiger partial charge in [-0.05, 0) is 6.16 Å². The van der Waals surface area contributed by atoms with Gasteiger partial charge >= 0.3 is 71.0 Å². The number of rotatable bonds is 0. The predicted molar refractivity (Wildman–Crippen MR) is 6.77 cm³/mol. The molecule has 0 aromatic rings. The summed E-state index contributed by atoms with van der Waals surface area (Å²) in [6, 6.07) is 0. The predicted octanol–water partition coefficient (Wildman–Crippen LogP) is -2.68. The fourth-order valence-corrected chi connectivity index (χ4v) is 0. The third kappa shape index (κ3) is 179. The topological polar surface area (TPSA) is 97.3 Å². The van der Waals surface area contributed by atoms with Crippen LogP contribution < -0.4 is 10.2 Å². The summed E-state index contributed by atoms with van der Waals surface area (Å²) in [4.78, 5) is 8.33. The van der Waals surface area contributed by atoms with Crippen molar-refractivity contribution in [1.82, 2.24) is 0 Å². The van der Waals surface area contributed by atoms with Gasteiger partial charge in [-0.2, -0.15) is 0 Å². The van der Waals surface area contributed by atoms with Crippen molar-refractivity contribution in [3.8, 4) is 0 Å². The molecule has 0 aromatic carbocycles. The minimum absolute atomic E-state index is 0.0833. The van der Waals surface area contributed by atoms with Gasteiger partial charge in [0.1, 0.15) is 0 Å². The molecule has 0 N–H and O–H groups in total. The Morgan fingerprint density at radius 1 is 1.00 bits per heavy atom. The monoisotopic (exact) mass is 370 g/mol. The molecule has 40 valence electrons. The molecular formula is CLa2O5. The van der Waals surface area contributed by atoms with Crippen LogP contribution in [0.1, 0.15) is 0 Å². The molecule has 0 rings (SSSR count). The number of carbonyl (C=O) groups excluding carboxylic acids is 1. The first-order valence-corrected chi connectivity index (χ1v) is 4.04. The Labute approximate surface area is 90.5 Å². The molecule has 7 heteroatoms. The molecule has 0 unspecified atom stereocenters. The molecule has 0 atom stereocenters. The van der Waals surface area contributed by atoms with Crippen LogP contribution in [0.2, 0.25) is 0 Å². The zero-order chi connectivity index (χ0) is 7.58. The van der Waals surface area contributed by atoms with Crippen LogP contribution in [0.4, 0.5) is 4.79 Å². The van der Waals surface area contributed by atoms with E-state index in [1.807, 2.05) is 0 Å². The molecule has 8 heavy (non-hydrogen) atoms. The van der Waals surface area contributed by atoms with Crippen molar-refractivity contribution in [2.75, 3.05) is 0 Å². The molecule has 0 amide bonds. The molecule has 0 fully saturated rings. The van der Waals surface area contributed by atoms with E-state index in [0.717, 1.165) is 0 Å². The van der Waals surface area contributed by atoms with Crippen LogP contribution >= 0.6 is 0 Å². The van der Waals surface area contributed by atoms with Gasteiger partial charge in [-0.1, -0.05) is 0 Å². The molecule has 0 aliphatic carbocycles. The van der Waals surface area contributed by atoms with E-state index in [4.69, 9.17) is 18.4 Å². The van der Waals surface area contributed by atoms with E-state index < -0.39 is 6.16 Å². The van der Waals surface area contributed by atoms with E-state index >= 15 is 0 Å². The first-order chi connectivity index (χ1) is 3.73. The summed E-state index contributed by atoms with van der Waals surface area (Å²) >= 11 is -0.167. The van der Waals surface area contributed by atoms with E-state index in [9.17, 15) is 0 Å². The van der Waals surface area contributed by atoms with Gasteiger partial charge in [0.25, 0.3) is 0 Å². The summed E-state index contributed by atoms with van der Waals surface area (Å²) in [7, 11) is 0. The van der Waals surface area contributed by atoms with Gasteiger partial charge in [0, 0.05) is 0 Å². The van der Waals surface area contributed by atoms with Crippen LogP contribution in [0, 0.1) is 67.6 Å². The zero-order valence-electron chi connectivity index (χ0n) is 3.70. The van der Waals surface area contributed by atoms with Crippen molar-refractivity contribution in [2.24, 2.45) is 0 Å². The van der Waals surface area contributed by atoms with Crippen LogP contribution in [0.25, 0.3) is 0 Å². The molecule has 0 saturated carbocycles. The summed E-state index contributed by atoms with van der Waals surface area (Å²) in [5.74, 6) is 0. The molecule has 0 aliphatic rings. The second-order valence-electron chi connectivity index (χ2n) is 0.250. The van der Waals surface area contributed by atoms with Crippen molar-refractivity contribution >= 4 is 6.16 Å². The Kier molecular flexibility index (Phi) is 48.3. The average Bonchev–Trinajstić information content (AvgIpc) is 1.75. The summed E-state index contributed by atoms with van der Waals surface area (Å²) in [6.07, 6.45) is -2.33. The fourth-order valence-electron chi connectivity index (χ4n) is 0. The summed E-state index contributed by atoms with van der Waals surface area (Å²) in [6.45, 7) is 0. The molecule has 0 saturated heterocycles. The van der Waals surface area contributed by atoms with Crippen molar-refractivity contribution in [2.45, 2.75) is 0 Å². The van der Waals surface area contributed by atoms with Gasteiger partial charge in [0.2, 0.25) is 0 Å². The minimum atomic E-state index is -2.33. The molecule has 0 radical (unpaired) electrons. The van der Waals surface area contributed by atoms with Gasteiger partial charge in [-0.25, -0.2) is 0 Å². The van der Waals surface area contributed by atoms with Gasteiger partial charge < -0.3 is 15.0 Å². The zero-order valence-corrected chi connectivity index (χ0v) is 10.9. The van der Waals surface area contributed by atoms with Gasteiger partial charge in [0.05, 0.1) is 0 Å². The van der Waals surface area contributed by atoms with Crippen LogP contribution in [0.5, 0.6) is 0 Å². The first kappa shape index (κ1) is 16.1. The summed E-state index contributed by atoms with van der Waals surface area (Å²) in [5, 5.41) is 16.7. The second-order valence-corrected chi connectivity index (χ2v) is 0.250. The van der Waals surface area contributed by atoms with Crippen LogP contribution in [-0.4, -0.2) is 6.16 Å². The van der Waals surface area contributed by atoms with Crippen molar-refractivity contribution < 1.29 is 86.0 Å². The molecular weight excluding hydrogens is 370 g/mol. The van der Waals surface area contributed by atoms with Gasteiger partial charge in [0.15, 0.2) is 0 Å². The van der Waals surface area contributed by atoms with Crippen molar-refractivity contribution in [1.29, 1.82) is 0 Å². The summed E-state index contributed by atoms with van der Waals surface area (Å²) in [5.41, 5.74) is 0. The number of carboxylic acid groups (broad SMARTS) is 2. The second kappa shape index (κ2) is 24.0. The quantitative estimate of drug-likeness (QED) is 0.463. The van der Waals surface area contributed by atoms with E-state index in [1.54, 1.807) is 0 Å². The number of hydrogen-bond acceptors (Lipinski definition) is 5. The van der Waals surface area contributed by atoms with E-state index in [2.05, 4.69) is 0 Å². The van der Waals surface area contributed by atoms with E-state index in [1.165, 1.54) is 0 Å². The van der Waals surface area contributed by atoms with E-state index in [0.29, 0.717) is 0 Å². The van der Waals surface area contributed by atoms with Crippen molar-refractivity contribution in [3.63, 3.8) is 0 Å². The molecule has 0 aliphatic heterocycles. The SMILES string of the molecule is O=C([O-])[O-].[O]=[La+].[O]=[La+]. The molecule has 0 heterocycles. The van der Waals surface area contributed by atoms with Crippen LogP contribution in [-0.2, 0) is 3.39 Å². The van der Waals surface area contributed by atoms with E-state index in [-0.39, 0.29) is 67.6 Å². The van der Waals surface area contributed by atoms with Crippen LogP contribution in [0.3, 0.4) is 0 Å². The summed E-state index contributed by atoms with van der Waals surface area (Å²) < 4.78 is 16.8. The molecule has 0 spiro atoms. The average molecular weight is 370 g/mol. The Hall–Kier alpha value is 1.26. The molecule has 0 aromatic heterocycles. The number of hydrogen-bond donors (Lipinski definition) is 0. The standard InChI is InChI=1S/CH2O3.2La.2O/c2-1(3)4;;;;/h(H2,2,3,4);;;;/q;2*+1;;/p-2. The normalized spacial score (nSPS) is 4.50. The Balaban J connectivity index is -0.0000000542. The van der Waals surface area contributed by atoms with Gasteiger partial charge in [-0.15, -0.1) is 0 Å². The molecule has 5 nitrogen and oxygen atoms in total. The third-order valence-electron chi connectivity index (χ3n) is 0. The Bertz CT molecular complexity index is 48.4.